The van der Waals surface area contributed by atoms with E-state index >= 15 is 0 Å². The lowest BCUT2D eigenvalue weighted by molar-refractivity contribution is -0.175. The van der Waals surface area contributed by atoms with Gasteiger partial charge in [0.1, 0.15) is 12.3 Å². The highest BCUT2D eigenvalue weighted by molar-refractivity contribution is 5.82. The van der Waals surface area contributed by atoms with Crippen LogP contribution in [0.5, 0.6) is 0 Å². The lowest BCUT2D eigenvalue weighted by Gasteiger charge is -2.33. The van der Waals surface area contributed by atoms with E-state index in [2.05, 4.69) is 10.3 Å². The predicted octanol–water partition coefficient (Wildman–Crippen LogP) is -2.20. The molecule has 103 valence electrons. The van der Waals surface area contributed by atoms with Crippen molar-refractivity contribution in [3.05, 3.63) is 6.42 Å². The molecule has 10 heteroatoms. The van der Waals surface area contributed by atoms with E-state index in [0.29, 0.717) is 0 Å². The van der Waals surface area contributed by atoms with Crippen molar-refractivity contribution in [1.29, 1.82) is 0 Å². The molecule has 1 aliphatic heterocycles. The van der Waals surface area contributed by atoms with Crippen LogP contribution in [0.3, 0.4) is 0 Å². The van der Waals surface area contributed by atoms with E-state index in [-0.39, 0.29) is 12.5 Å². The van der Waals surface area contributed by atoms with Crippen molar-refractivity contribution in [2.45, 2.75) is 24.5 Å². The number of aliphatic hydroxyl groups is 1. The molecule has 0 aromatic heterocycles. The van der Waals surface area contributed by atoms with Crippen LogP contribution in [0.1, 0.15) is 0 Å². The molecule has 0 bridgehead atoms. The first-order chi connectivity index (χ1) is 8.21. The zero-order valence-corrected chi connectivity index (χ0v) is 9.11. The number of hydrogen-bond donors (Lipinski definition) is 5. The van der Waals surface area contributed by atoms with Crippen molar-refractivity contribution >= 4 is 11.9 Å². The Morgan fingerprint density at radius 2 is 2.11 bits per heavy atom. The van der Waals surface area contributed by atoms with Crippen molar-refractivity contribution in [1.82, 2.24) is 10.6 Å². The average molecular weight is 268 g/mol. The van der Waals surface area contributed by atoms with E-state index in [1.165, 1.54) is 6.42 Å². The van der Waals surface area contributed by atoms with Crippen molar-refractivity contribution in [3.63, 3.8) is 0 Å². The standard InChI is InChI=1S/C8H13F3N5O2/c9-8(10,11)6(18)16-5-4(17)3(1-2-14-5)15-7(12)13/h1,3-5,14,17H,2H2,(H,16,18)(H4,12,13,15)/t3-,4+,5?/m0/s1. The normalized spacial score (nSPS) is 28.6. The molecule has 7 N–H and O–H groups in total. The highest BCUT2D eigenvalue weighted by Gasteiger charge is 2.42. The number of nitrogens with two attached hydrogens (primary N) is 2. The van der Waals surface area contributed by atoms with Crippen molar-refractivity contribution in [3.8, 4) is 0 Å². The van der Waals surface area contributed by atoms with Crippen molar-refractivity contribution in [2.24, 2.45) is 16.5 Å². The number of carbonyl (C=O) groups is 1. The maximum atomic E-state index is 12.0. The third kappa shape index (κ3) is 3.74. The second-order valence-corrected chi connectivity index (χ2v) is 3.63. The minimum Gasteiger partial charge on any atom is -0.387 e. The van der Waals surface area contributed by atoms with Crippen LogP contribution in [0, 0.1) is 6.42 Å². The fourth-order valence-electron chi connectivity index (χ4n) is 1.43. The summed E-state index contributed by atoms with van der Waals surface area (Å²) >= 11 is 0. The lowest BCUT2D eigenvalue weighted by Crippen LogP contribution is -2.62. The second kappa shape index (κ2) is 5.40. The van der Waals surface area contributed by atoms with Gasteiger partial charge < -0.3 is 21.9 Å². The molecule has 3 atom stereocenters. The van der Waals surface area contributed by atoms with Crippen LogP contribution in [0.4, 0.5) is 13.2 Å². The third-order valence-corrected chi connectivity index (χ3v) is 2.23. The van der Waals surface area contributed by atoms with Crippen LogP contribution >= 0.6 is 0 Å². The summed E-state index contributed by atoms with van der Waals surface area (Å²) in [4.78, 5) is 14.4. The van der Waals surface area contributed by atoms with Crippen LogP contribution in [0.15, 0.2) is 4.99 Å². The first kappa shape index (κ1) is 14.5. The maximum Gasteiger partial charge on any atom is 0.471 e. The Morgan fingerprint density at radius 1 is 1.50 bits per heavy atom. The van der Waals surface area contributed by atoms with Crippen LogP contribution in [-0.2, 0) is 4.79 Å². The van der Waals surface area contributed by atoms with E-state index in [0.717, 1.165) is 0 Å². The van der Waals surface area contributed by atoms with Gasteiger partial charge in [0.2, 0.25) is 0 Å². The van der Waals surface area contributed by atoms with E-state index in [4.69, 9.17) is 11.5 Å². The zero-order chi connectivity index (χ0) is 13.9. The van der Waals surface area contributed by atoms with E-state index in [1.807, 2.05) is 0 Å². The molecule has 1 fully saturated rings. The Bertz CT molecular complexity index is 342. The number of amides is 1. The number of aliphatic hydroxyl groups excluding tert-OH is 1. The molecule has 1 saturated heterocycles. The van der Waals surface area contributed by atoms with Crippen LogP contribution < -0.4 is 22.1 Å². The van der Waals surface area contributed by atoms with E-state index in [9.17, 15) is 23.1 Å². The Labute approximate surface area is 100 Å². The van der Waals surface area contributed by atoms with Gasteiger partial charge in [0.25, 0.3) is 0 Å². The second-order valence-electron chi connectivity index (χ2n) is 3.63. The van der Waals surface area contributed by atoms with Gasteiger partial charge in [-0.2, -0.15) is 13.2 Å². The maximum absolute atomic E-state index is 12.0. The van der Waals surface area contributed by atoms with Gasteiger partial charge in [-0.1, -0.05) is 0 Å². The van der Waals surface area contributed by atoms with Crippen molar-refractivity contribution in [2.75, 3.05) is 6.54 Å². The number of rotatable bonds is 2. The Hall–Kier alpha value is -1.55. The Morgan fingerprint density at radius 3 is 2.61 bits per heavy atom. The number of piperidine rings is 1. The molecule has 0 spiro atoms. The first-order valence-corrected chi connectivity index (χ1v) is 4.93. The number of halogens is 3. The molecular formula is C8H13F3N5O2. The molecule has 1 rings (SSSR count). The Balaban J connectivity index is 2.67. The number of guanidine groups is 1. The predicted molar refractivity (Wildman–Crippen MR) is 55.9 cm³/mol. The van der Waals surface area contributed by atoms with Gasteiger partial charge >= 0.3 is 12.1 Å². The van der Waals surface area contributed by atoms with Gasteiger partial charge in [0, 0.05) is 13.0 Å². The summed E-state index contributed by atoms with van der Waals surface area (Å²) in [5.41, 5.74) is 10.2. The molecule has 1 amide bonds. The fraction of sp³-hybridized carbons (Fsp3) is 0.625. The topological polar surface area (TPSA) is 126 Å². The highest BCUT2D eigenvalue weighted by Crippen LogP contribution is 2.16. The zero-order valence-electron chi connectivity index (χ0n) is 9.11. The summed E-state index contributed by atoms with van der Waals surface area (Å²) in [6.07, 6.45) is -6.22. The molecule has 7 nitrogen and oxygen atoms in total. The van der Waals surface area contributed by atoms with Crippen LogP contribution in [0.2, 0.25) is 0 Å². The van der Waals surface area contributed by atoms with Gasteiger partial charge in [-0.15, -0.1) is 0 Å². The molecule has 0 aromatic carbocycles. The van der Waals surface area contributed by atoms with Crippen LogP contribution in [-0.4, -0.2) is 48.0 Å². The summed E-state index contributed by atoms with van der Waals surface area (Å²) in [5, 5.41) is 13.8. The number of aliphatic imine (C=N–C) groups is 1. The molecule has 0 aromatic rings. The number of alkyl halides is 3. The molecule has 1 heterocycles. The monoisotopic (exact) mass is 268 g/mol. The lowest BCUT2D eigenvalue weighted by atomic mass is 10.0. The smallest absolute Gasteiger partial charge is 0.387 e. The molecule has 1 radical (unpaired) electrons. The summed E-state index contributed by atoms with van der Waals surface area (Å²) in [7, 11) is 0. The molecular weight excluding hydrogens is 255 g/mol. The number of hydrogen-bond acceptors (Lipinski definition) is 4. The molecule has 18 heavy (non-hydrogen) atoms. The molecule has 0 saturated carbocycles. The number of carbonyl (C=O) groups excluding carboxylic acids is 1. The third-order valence-electron chi connectivity index (χ3n) is 2.23. The van der Waals surface area contributed by atoms with Crippen molar-refractivity contribution < 1.29 is 23.1 Å². The minimum absolute atomic E-state index is 0.140. The van der Waals surface area contributed by atoms with Gasteiger partial charge in [-0.05, 0) is 0 Å². The quantitative estimate of drug-likeness (QED) is 0.287. The van der Waals surface area contributed by atoms with Gasteiger partial charge in [-0.3, -0.25) is 10.1 Å². The van der Waals surface area contributed by atoms with E-state index in [1.54, 1.807) is 5.32 Å². The van der Waals surface area contributed by atoms with Crippen LogP contribution in [0.25, 0.3) is 0 Å². The summed E-state index contributed by atoms with van der Waals surface area (Å²) < 4.78 is 36.1. The average Bonchev–Trinajstić information content (AvgIpc) is 2.21. The number of nitrogens with one attached hydrogen (secondary N) is 2. The SMILES string of the molecule is NC(N)=N[C@H]1[CH]CNC(NC(=O)C(F)(F)F)[C@@H]1O. The molecule has 1 unspecified atom stereocenters. The largest absolute Gasteiger partial charge is 0.471 e. The highest BCUT2D eigenvalue weighted by atomic mass is 19.4. The minimum atomic E-state index is -5.02. The number of nitrogens with zero attached hydrogens (tertiary/aromatic N) is 1. The van der Waals surface area contributed by atoms with E-state index < -0.39 is 30.4 Å². The Kier molecular flexibility index (Phi) is 4.35. The van der Waals surface area contributed by atoms with Gasteiger partial charge in [0.15, 0.2) is 5.96 Å². The summed E-state index contributed by atoms with van der Waals surface area (Å²) in [5.74, 6) is -2.46. The fourth-order valence-corrected chi connectivity index (χ4v) is 1.43. The summed E-state index contributed by atoms with van der Waals surface area (Å²) in [6.45, 7) is 0.140. The van der Waals surface area contributed by atoms with Gasteiger partial charge in [0.05, 0.1) is 6.04 Å². The summed E-state index contributed by atoms with van der Waals surface area (Å²) in [6, 6.07) is -0.880. The first-order valence-electron chi connectivity index (χ1n) is 4.93. The molecule has 1 aliphatic rings. The van der Waals surface area contributed by atoms with Gasteiger partial charge in [-0.25, -0.2) is 4.99 Å². The molecule has 0 aliphatic carbocycles.